The van der Waals surface area contributed by atoms with Crippen LogP contribution in [0, 0.1) is 0 Å². The van der Waals surface area contributed by atoms with Gasteiger partial charge in [-0.3, -0.25) is 0 Å². The minimum Gasteiger partial charge on any atom is -0.456 e. The smallest absolute Gasteiger partial charge is 0.136 e. The van der Waals surface area contributed by atoms with Gasteiger partial charge in [0.1, 0.15) is 33.5 Å². The zero-order chi connectivity index (χ0) is 97.8. The Labute approximate surface area is 857 Å². The highest BCUT2D eigenvalue weighted by Gasteiger charge is 2.26. The van der Waals surface area contributed by atoms with Crippen LogP contribution in [-0.2, 0) is 0 Å². The first-order valence-electron chi connectivity index (χ1n) is 51.3. The Balaban J connectivity index is 0.000000103. The standard InChI is InChI=1S/C54H34O.C48H28O.C44H26O/c1-3-14-35(15-4-1)42-29-43(36-16-5-2-6-17-36)31-44(30-42)37-20-13-21-40(28-37)53-45-22-9-11-24-47(45)54(48-25-12-10-23-46(48)53)41-26-27-51-49(33-41)50-32-38-18-7-8-19-39(38)34-52(50)55-51;1-2-11-30-25-42-33(24-29(30)10-1)20-22-36-35(42)18-9-19-37(36)48-40-16-7-5-14-38(40)47(39-15-6-8-17-41(39)48)34-21-23-45-43(27-34)44-26-31-12-3-4-13-32(31)28-46(44)49-45;1-2-11-30-26-42-40(23-29(30)10-1)39-25-32(21-22-41(39)45-42)44-36-15-7-5-13-34(36)43(35-14-6-8-16-37(35)44)31-20-19-28-18-17-27-9-3-4-12-33(27)38(28)24-31/h1-34H;1-28H;1-26H. The summed E-state index contributed by atoms with van der Waals surface area (Å²) in [5.41, 5.74) is 27.5. The maximum atomic E-state index is 6.42. The van der Waals surface area contributed by atoms with Gasteiger partial charge in [0.05, 0.1) is 0 Å². The van der Waals surface area contributed by atoms with Crippen LogP contribution >= 0.6 is 0 Å². The van der Waals surface area contributed by atoms with Gasteiger partial charge in [0.15, 0.2) is 0 Å². The summed E-state index contributed by atoms with van der Waals surface area (Å²) >= 11 is 0. The van der Waals surface area contributed by atoms with Crippen molar-refractivity contribution in [3.05, 3.63) is 534 Å². The molecule has 149 heavy (non-hydrogen) atoms. The second kappa shape index (κ2) is 34.6. The molecule has 3 heteroatoms. The van der Waals surface area contributed by atoms with Gasteiger partial charge in [-0.2, -0.15) is 0 Å². The summed E-state index contributed by atoms with van der Waals surface area (Å²) < 4.78 is 19.2. The van der Waals surface area contributed by atoms with E-state index in [9.17, 15) is 0 Å². The predicted octanol–water partition coefficient (Wildman–Crippen LogP) is 41.9. The van der Waals surface area contributed by atoms with Crippen molar-refractivity contribution in [3.8, 4) is 100 Å². The molecular formula is C146H88O3. The molecule has 32 aromatic rings. The third kappa shape index (κ3) is 14.3. The SMILES string of the molecule is c1ccc(-c2cc(-c3ccccc3)cc(-c3cccc(-c4c5ccccc5c(-c5ccc6oc7cc8ccccc8cc7c6c5)c5ccccc45)c3)c2)cc1.c1ccc2cc3c(cc2c1)oc1ccc(-c2c4ccccc4c(-c4ccc5ccc6ccccc6c5c4)c4ccccc24)cc13.c1ccc2cc3c(ccc4c(-c5c6ccccc6c(-c6ccc7oc8cc9ccccc9cc8c7c6)c6ccccc56)cccc43)cc2c1. The molecule has 3 aromatic heterocycles. The molecule has 0 atom stereocenters. The zero-order valence-corrected chi connectivity index (χ0v) is 81.0. The Hall–Kier alpha value is -19.6. The fourth-order valence-electron chi connectivity index (χ4n) is 24.5. The van der Waals surface area contributed by atoms with E-state index in [0.29, 0.717) is 0 Å². The monoisotopic (exact) mass is 1890 g/mol. The topological polar surface area (TPSA) is 39.4 Å². The van der Waals surface area contributed by atoms with E-state index in [1.54, 1.807) is 0 Å². The molecule has 0 N–H and O–H groups in total. The van der Waals surface area contributed by atoms with E-state index in [2.05, 4.69) is 534 Å². The van der Waals surface area contributed by atoms with Gasteiger partial charge in [0.2, 0.25) is 0 Å². The van der Waals surface area contributed by atoms with Gasteiger partial charge in [-0.1, -0.05) is 419 Å². The minimum atomic E-state index is 0.905. The molecule has 0 unspecified atom stereocenters. The van der Waals surface area contributed by atoms with E-state index in [0.717, 1.165) is 65.8 Å². The average Bonchev–Trinajstić information content (AvgIpc) is 1.52. The lowest BCUT2D eigenvalue weighted by molar-refractivity contribution is 0.669. The molecule has 0 saturated heterocycles. The summed E-state index contributed by atoms with van der Waals surface area (Å²) in [7, 11) is 0. The van der Waals surface area contributed by atoms with Crippen molar-refractivity contribution in [1.29, 1.82) is 0 Å². The highest BCUT2D eigenvalue weighted by Crippen LogP contribution is 2.53. The molecule has 0 amide bonds. The van der Waals surface area contributed by atoms with E-state index >= 15 is 0 Å². The van der Waals surface area contributed by atoms with Crippen molar-refractivity contribution in [1.82, 2.24) is 0 Å². The van der Waals surface area contributed by atoms with E-state index in [1.165, 1.54) is 251 Å². The largest absolute Gasteiger partial charge is 0.456 e. The molecule has 0 bridgehead atoms. The summed E-state index contributed by atoms with van der Waals surface area (Å²) in [5.74, 6) is 0. The van der Waals surface area contributed by atoms with Crippen LogP contribution in [0.1, 0.15) is 0 Å². The predicted molar refractivity (Wildman–Crippen MR) is 635 cm³/mol. The Kier molecular flexibility index (Phi) is 19.8. The van der Waals surface area contributed by atoms with Crippen LogP contribution in [0.5, 0.6) is 0 Å². The summed E-state index contributed by atoms with van der Waals surface area (Å²) in [6.07, 6.45) is 0. The van der Waals surface area contributed by atoms with Crippen LogP contribution in [0.4, 0.5) is 0 Å². The highest BCUT2D eigenvalue weighted by molar-refractivity contribution is 6.29. The van der Waals surface area contributed by atoms with Crippen LogP contribution in [0.2, 0.25) is 0 Å². The molecular weight excluding hydrogens is 1800 g/mol. The van der Waals surface area contributed by atoms with Gasteiger partial charge in [-0.25, -0.2) is 0 Å². The van der Waals surface area contributed by atoms with Gasteiger partial charge < -0.3 is 13.3 Å². The van der Waals surface area contributed by atoms with Crippen molar-refractivity contribution >= 4 is 217 Å². The van der Waals surface area contributed by atoms with Crippen molar-refractivity contribution in [2.75, 3.05) is 0 Å². The average molecular weight is 1890 g/mol. The van der Waals surface area contributed by atoms with Crippen molar-refractivity contribution in [2.24, 2.45) is 0 Å². The van der Waals surface area contributed by atoms with Crippen LogP contribution in [0.15, 0.2) is 547 Å². The number of benzene rings is 29. The molecule has 29 aromatic carbocycles. The molecule has 0 spiro atoms. The van der Waals surface area contributed by atoms with Crippen LogP contribution < -0.4 is 0 Å². The molecule has 0 aliphatic heterocycles. The molecule has 0 radical (unpaired) electrons. The summed E-state index contributed by atoms with van der Waals surface area (Å²) in [6, 6.07) is 195. The Bertz CT molecular complexity index is 11000. The van der Waals surface area contributed by atoms with E-state index in [4.69, 9.17) is 13.3 Å². The zero-order valence-electron chi connectivity index (χ0n) is 81.0. The first-order chi connectivity index (χ1) is 73.8. The molecule has 0 aliphatic carbocycles. The van der Waals surface area contributed by atoms with Crippen molar-refractivity contribution in [3.63, 3.8) is 0 Å². The van der Waals surface area contributed by atoms with Gasteiger partial charge >= 0.3 is 0 Å². The molecule has 0 fully saturated rings. The first kappa shape index (κ1) is 85.0. The molecule has 3 nitrogen and oxygen atoms in total. The van der Waals surface area contributed by atoms with E-state index in [-0.39, 0.29) is 0 Å². The van der Waals surface area contributed by atoms with Crippen molar-refractivity contribution in [2.45, 2.75) is 0 Å². The van der Waals surface area contributed by atoms with Gasteiger partial charge in [-0.05, 0) is 366 Å². The van der Waals surface area contributed by atoms with Crippen molar-refractivity contribution < 1.29 is 13.3 Å². The second-order valence-electron chi connectivity index (χ2n) is 39.8. The summed E-state index contributed by atoms with van der Waals surface area (Å²) in [5, 5.41) is 41.8. The third-order valence-corrected chi connectivity index (χ3v) is 31.4. The molecule has 0 aliphatic rings. The van der Waals surface area contributed by atoms with Gasteiger partial charge in [-0.15, -0.1) is 0 Å². The number of hydrogen-bond acceptors (Lipinski definition) is 3. The lowest BCUT2D eigenvalue weighted by Crippen LogP contribution is -1.92. The third-order valence-electron chi connectivity index (χ3n) is 31.4. The maximum Gasteiger partial charge on any atom is 0.136 e. The summed E-state index contributed by atoms with van der Waals surface area (Å²) in [6.45, 7) is 0. The Morgan fingerprint density at radius 2 is 0.322 bits per heavy atom. The fraction of sp³-hybridized carbons (Fsp3) is 0. The van der Waals surface area contributed by atoms with Gasteiger partial charge in [0, 0.05) is 32.3 Å². The molecule has 32 rings (SSSR count). The van der Waals surface area contributed by atoms with E-state index < -0.39 is 0 Å². The quantitative estimate of drug-likeness (QED) is 0.107. The number of furan rings is 3. The fourth-order valence-corrected chi connectivity index (χ4v) is 24.5. The Morgan fingerprint density at radius 1 is 0.0872 bits per heavy atom. The Morgan fingerprint density at radius 3 is 0.705 bits per heavy atom. The van der Waals surface area contributed by atoms with E-state index in [1.807, 2.05) is 0 Å². The number of hydrogen-bond donors (Lipinski definition) is 0. The highest BCUT2D eigenvalue weighted by atomic mass is 16.3. The summed E-state index contributed by atoms with van der Waals surface area (Å²) in [4.78, 5) is 0. The number of fused-ring (bicyclic) bond motifs is 25. The minimum absolute atomic E-state index is 0.905. The lowest BCUT2D eigenvalue weighted by atomic mass is 9.84. The molecule has 690 valence electrons. The van der Waals surface area contributed by atoms with Crippen LogP contribution in [-0.4, -0.2) is 0 Å². The normalized spacial score (nSPS) is 11.9. The maximum absolute atomic E-state index is 6.42. The first-order valence-corrected chi connectivity index (χ1v) is 51.3. The lowest BCUT2D eigenvalue weighted by Gasteiger charge is -2.19. The van der Waals surface area contributed by atoms with Gasteiger partial charge in [0.25, 0.3) is 0 Å². The second-order valence-corrected chi connectivity index (χ2v) is 39.8. The van der Waals surface area contributed by atoms with Crippen LogP contribution in [0.3, 0.4) is 0 Å². The van der Waals surface area contributed by atoms with Crippen LogP contribution in [0.25, 0.3) is 317 Å². The number of rotatable bonds is 9. The molecule has 0 saturated carbocycles. The molecule has 3 heterocycles.